The van der Waals surface area contributed by atoms with E-state index in [0.717, 1.165) is 30.3 Å². The number of amides is 6. The summed E-state index contributed by atoms with van der Waals surface area (Å²) in [6, 6.07) is -0.655. The Morgan fingerprint density at radius 1 is 0.506 bits per heavy atom. The number of carbonyl (C=O) groups excluding carboxylic acids is 6. The van der Waals surface area contributed by atoms with Crippen molar-refractivity contribution in [2.45, 2.75) is 72.8 Å². The second kappa shape index (κ2) is 31.1. The van der Waals surface area contributed by atoms with Gasteiger partial charge in [0.2, 0.25) is 65.5 Å². The van der Waals surface area contributed by atoms with Crippen LogP contribution in [0.2, 0.25) is 0 Å². The van der Waals surface area contributed by atoms with Gasteiger partial charge in [0.1, 0.15) is 23.9 Å². The number of hydrogen-bond acceptors (Lipinski definition) is 24. The predicted octanol–water partition coefficient (Wildman–Crippen LogP) is -2.89. The van der Waals surface area contributed by atoms with Crippen LogP contribution in [0.3, 0.4) is 0 Å². The Morgan fingerprint density at radius 2 is 0.807 bits per heavy atom. The molecule has 0 aliphatic carbocycles. The zero-order valence-corrected chi connectivity index (χ0v) is 49.2. The molecule has 0 aromatic heterocycles. The number of hydrogen-bond donors (Lipinski definition) is 10. The van der Waals surface area contributed by atoms with Crippen LogP contribution in [0.4, 0.5) is 0 Å². The van der Waals surface area contributed by atoms with Crippen molar-refractivity contribution >= 4 is 132 Å². The molecule has 0 fully saturated rings. The SMILES string of the molecule is C=C(C)C(=O)NCCCNC(=O)C(CSOO[O-])NS(=O)(=O)c1cc(O)c2ccc3c(S(=O)(=O)NC(CS(=O)(=O)[O-])C(=O)NCCCNC(=O)C(=C)C)cc(S(=O)(=O)NC(CSOO[O-])C(=O)NCCCNC(=O)C(=C)C)c4ccc1c2c43. The van der Waals surface area contributed by atoms with Crippen LogP contribution in [0, 0.1) is 0 Å². The third-order valence-electron chi connectivity index (χ3n) is 11.4. The zero-order chi connectivity index (χ0) is 62.0. The maximum Gasteiger partial charge on any atom is 0.246 e. The van der Waals surface area contributed by atoms with Crippen LogP contribution < -0.4 is 56.6 Å². The Hall–Kier alpha value is -6.14. The first-order valence-electron chi connectivity index (χ1n) is 24.2. The summed E-state index contributed by atoms with van der Waals surface area (Å²) in [5, 5.41) is 52.0. The fourth-order valence-electron chi connectivity index (χ4n) is 7.55. The number of phenols is 1. The largest absolute Gasteiger partial charge is 0.748 e. The number of rotatable bonds is 37. The van der Waals surface area contributed by atoms with E-state index in [9.17, 15) is 82.6 Å². The molecule has 0 spiro atoms. The quantitative estimate of drug-likeness (QED) is 0.00412. The smallest absolute Gasteiger partial charge is 0.246 e. The minimum atomic E-state index is -5.51. The second-order valence-corrected chi connectivity index (χ2v) is 25.9. The average molecular weight is 1280 g/mol. The van der Waals surface area contributed by atoms with Crippen LogP contribution in [0.25, 0.3) is 32.3 Å². The normalized spacial score (nSPS) is 13.2. The van der Waals surface area contributed by atoms with Crippen molar-refractivity contribution in [3.05, 3.63) is 72.9 Å². The molecule has 0 saturated carbocycles. The van der Waals surface area contributed by atoms with Gasteiger partial charge < -0.3 is 52.1 Å². The highest BCUT2D eigenvalue weighted by Crippen LogP contribution is 2.45. The molecule has 458 valence electrons. The second-order valence-electron chi connectivity index (χ2n) is 18.0. The summed E-state index contributed by atoms with van der Waals surface area (Å²) >= 11 is 0.358. The molecule has 4 aromatic carbocycles. The molecule has 6 amide bonds. The Labute approximate surface area is 484 Å². The van der Waals surface area contributed by atoms with Gasteiger partial charge in [0.15, 0.2) is 0 Å². The van der Waals surface area contributed by atoms with Crippen LogP contribution in [-0.2, 0) is 87.7 Å². The predicted molar refractivity (Wildman–Crippen MR) is 294 cm³/mol. The molecule has 0 radical (unpaired) electrons. The molecule has 4 rings (SSSR count). The first kappa shape index (κ1) is 69.4. The summed E-state index contributed by atoms with van der Waals surface area (Å²) in [6.07, 6.45) is 0.229. The first-order valence-corrected chi connectivity index (χ1v) is 32.0. The molecule has 4 aromatic rings. The number of aromatic hydroxyl groups is 1. The molecule has 3 unspecified atom stereocenters. The minimum absolute atomic E-state index is 0.00498. The van der Waals surface area contributed by atoms with Crippen molar-refractivity contribution in [2.24, 2.45) is 0 Å². The van der Waals surface area contributed by atoms with Gasteiger partial charge in [-0.1, -0.05) is 37.9 Å². The molecule has 0 bridgehead atoms. The van der Waals surface area contributed by atoms with Gasteiger partial charge in [0.25, 0.3) is 0 Å². The molecular formula is C46H58N9O22S6-3. The van der Waals surface area contributed by atoms with Crippen molar-refractivity contribution in [3.63, 3.8) is 0 Å². The van der Waals surface area contributed by atoms with E-state index >= 15 is 0 Å². The number of benzene rings is 4. The molecule has 0 aliphatic rings. The maximum atomic E-state index is 14.9. The van der Waals surface area contributed by atoms with Gasteiger partial charge in [-0.25, -0.2) is 33.7 Å². The van der Waals surface area contributed by atoms with Gasteiger partial charge in [-0.15, -0.1) is 0 Å². The Kier molecular flexibility index (Phi) is 26.0. The van der Waals surface area contributed by atoms with Crippen molar-refractivity contribution in [2.75, 3.05) is 56.5 Å². The van der Waals surface area contributed by atoms with E-state index in [2.05, 4.69) is 79.8 Å². The van der Waals surface area contributed by atoms with Crippen LogP contribution in [0.5, 0.6) is 5.75 Å². The van der Waals surface area contributed by atoms with Gasteiger partial charge in [-0.05, 0) is 52.2 Å². The molecule has 0 heterocycles. The maximum absolute atomic E-state index is 14.9. The van der Waals surface area contributed by atoms with E-state index in [1.165, 1.54) is 20.8 Å². The molecule has 37 heteroatoms. The number of phenolic OH excluding ortho intramolecular Hbond substituents is 1. The fourth-order valence-corrected chi connectivity index (χ4v) is 13.8. The third kappa shape index (κ3) is 20.0. The first-order chi connectivity index (χ1) is 38.9. The number of carbonyl (C=O) groups is 6. The monoisotopic (exact) mass is 1280 g/mol. The topological polar surface area (TPSA) is 474 Å². The van der Waals surface area contributed by atoms with Crippen molar-refractivity contribution in [3.8, 4) is 5.75 Å². The highest BCUT2D eigenvalue weighted by Gasteiger charge is 2.36. The summed E-state index contributed by atoms with van der Waals surface area (Å²) in [6.45, 7) is 14.2. The molecule has 31 nitrogen and oxygen atoms in total. The van der Waals surface area contributed by atoms with E-state index in [1.54, 1.807) is 0 Å². The van der Waals surface area contributed by atoms with Crippen LogP contribution >= 0.6 is 24.1 Å². The molecule has 3 atom stereocenters. The lowest BCUT2D eigenvalue weighted by Gasteiger charge is -2.23. The van der Waals surface area contributed by atoms with E-state index < -0.39 is 148 Å². The fraction of sp³-hybridized carbons (Fsp3) is 0.391. The third-order valence-corrected chi connectivity index (χ3v) is 18.0. The summed E-state index contributed by atoms with van der Waals surface area (Å²) in [5.41, 5.74) is 0.547. The standard InChI is InChI=1S/C46H61N9O22S6/c1-25(2)41(57)47-14-7-17-50-44(60)32(22-78-76-74-63)53-81(68,69)36-20-35(56)28-10-11-30-38(83(72,73)55-34(24-80(65,66)67)46(62)52-19-9-16-49-43(59)27(5)6)21-37(31-13-12-29(36)39(28)40(30)31)82(70,71)54-33(23-79-77-75-64)45(61)51-18-8-15-48-42(58)26(3)4/h10-13,20-21,32-34,53-56,63-64H,1,3,5,7-9,14-19,22-24H2,2,4,6H3,(H,47,57)(H,48,58)(H,49,59)(H,50,60)(H,51,61)(H,52,62)(H,65,66,67)/p-3. The van der Waals surface area contributed by atoms with Gasteiger partial charge in [-0.3, -0.25) is 38.8 Å². The number of sulfonamides is 3. The van der Waals surface area contributed by atoms with Gasteiger partial charge in [0, 0.05) is 130 Å². The Balaban J connectivity index is 1.95. The van der Waals surface area contributed by atoms with Gasteiger partial charge >= 0.3 is 0 Å². The summed E-state index contributed by atoms with van der Waals surface area (Å²) in [7, 11) is -21.4. The molecule has 0 aliphatic heterocycles. The van der Waals surface area contributed by atoms with Crippen LogP contribution in [0.1, 0.15) is 40.0 Å². The molecule has 83 heavy (non-hydrogen) atoms. The lowest BCUT2D eigenvalue weighted by atomic mass is 9.94. The molecular weight excluding hydrogens is 1220 g/mol. The Morgan fingerprint density at radius 3 is 1.14 bits per heavy atom. The van der Waals surface area contributed by atoms with Crippen LogP contribution in [-0.4, -0.2) is 153 Å². The van der Waals surface area contributed by atoms with Gasteiger partial charge in [0.05, 0.1) is 30.6 Å². The molecule has 0 saturated heterocycles. The highest BCUT2D eigenvalue weighted by atomic mass is 32.2. The van der Waals surface area contributed by atoms with Crippen molar-refractivity contribution < 1.29 is 101 Å². The van der Waals surface area contributed by atoms with Crippen molar-refractivity contribution in [1.29, 1.82) is 0 Å². The number of nitrogens with one attached hydrogen (secondary N) is 9. The summed E-state index contributed by atoms with van der Waals surface area (Å²) in [4.78, 5) is 73.5. The molecule has 10 N–H and O–H groups in total. The van der Waals surface area contributed by atoms with Crippen molar-refractivity contribution in [1.82, 2.24) is 46.1 Å². The highest BCUT2D eigenvalue weighted by molar-refractivity contribution is 7.95. The van der Waals surface area contributed by atoms with E-state index in [-0.39, 0.29) is 115 Å². The summed E-state index contributed by atoms with van der Waals surface area (Å²) < 4.78 is 140. The van der Waals surface area contributed by atoms with Crippen LogP contribution in [0.15, 0.2) is 87.5 Å². The Bertz CT molecular complexity index is 3570. The zero-order valence-electron chi connectivity index (χ0n) is 44.3. The van der Waals surface area contributed by atoms with E-state index in [1.807, 2.05) is 4.72 Å². The van der Waals surface area contributed by atoms with Gasteiger partial charge in [-0.2, -0.15) is 22.8 Å². The lowest BCUT2D eigenvalue weighted by Crippen LogP contribution is -2.50. The average Bonchev–Trinajstić information content (AvgIpc) is 1.02. The van der Waals surface area contributed by atoms with E-state index in [4.69, 9.17) is 0 Å². The lowest BCUT2D eigenvalue weighted by molar-refractivity contribution is -0.777. The minimum Gasteiger partial charge on any atom is -0.748 e. The van der Waals surface area contributed by atoms with E-state index in [0.29, 0.717) is 6.07 Å². The summed E-state index contributed by atoms with van der Waals surface area (Å²) in [5.74, 6) is -8.84.